The Labute approximate surface area is 204 Å². The minimum atomic E-state index is -0.432. The van der Waals surface area contributed by atoms with Gasteiger partial charge in [-0.2, -0.15) is 0 Å². The molecule has 1 aliphatic rings. The highest BCUT2D eigenvalue weighted by atomic mass is 35.5. The molecule has 0 unspecified atom stereocenters. The smallest absolute Gasteiger partial charge is 0.338 e. The maximum atomic E-state index is 12.8. The molecule has 0 spiro atoms. The Morgan fingerprint density at radius 1 is 1.12 bits per heavy atom. The zero-order valence-corrected chi connectivity index (χ0v) is 19.7. The maximum Gasteiger partial charge on any atom is 0.338 e. The van der Waals surface area contributed by atoms with Crippen LogP contribution in [-0.4, -0.2) is 28.6 Å². The number of halogens is 2. The molecule has 0 aliphatic carbocycles. The number of imide groups is 1. The van der Waals surface area contributed by atoms with Gasteiger partial charge >= 0.3 is 5.97 Å². The van der Waals surface area contributed by atoms with E-state index in [0.717, 1.165) is 16.7 Å². The second-order valence-electron chi connectivity index (χ2n) is 7.01. The first kappa shape index (κ1) is 23.2. The Hall–Kier alpha value is -3.00. The molecule has 0 atom stereocenters. The van der Waals surface area contributed by atoms with Crippen LogP contribution in [0.1, 0.15) is 28.6 Å². The van der Waals surface area contributed by atoms with E-state index in [1.165, 1.54) is 6.08 Å². The minimum Gasteiger partial charge on any atom is -0.462 e. The van der Waals surface area contributed by atoms with E-state index in [1.807, 2.05) is 0 Å². The van der Waals surface area contributed by atoms with Gasteiger partial charge in [-0.05, 0) is 60.6 Å². The third-order valence-electron chi connectivity index (χ3n) is 4.78. The van der Waals surface area contributed by atoms with Gasteiger partial charge in [-0.1, -0.05) is 41.4 Å². The van der Waals surface area contributed by atoms with E-state index in [-0.39, 0.29) is 18.1 Å². The lowest BCUT2D eigenvalue weighted by atomic mass is 10.1. The molecule has 0 saturated carbocycles. The summed E-state index contributed by atoms with van der Waals surface area (Å²) in [6.07, 6.45) is 1.52. The summed E-state index contributed by atoms with van der Waals surface area (Å²) in [5.41, 5.74) is 1.71. The number of amides is 2. The molecular weight excluding hydrogens is 485 g/mol. The molecule has 0 radical (unpaired) electrons. The van der Waals surface area contributed by atoms with Crippen LogP contribution >= 0.6 is 35.0 Å². The number of carbonyl (C=O) groups is 3. The van der Waals surface area contributed by atoms with Crippen LogP contribution < -0.4 is 0 Å². The van der Waals surface area contributed by atoms with Crippen molar-refractivity contribution in [2.24, 2.45) is 0 Å². The van der Waals surface area contributed by atoms with E-state index in [0.29, 0.717) is 38.3 Å². The molecule has 0 N–H and O–H groups in total. The Morgan fingerprint density at radius 2 is 1.94 bits per heavy atom. The largest absolute Gasteiger partial charge is 0.462 e. The van der Waals surface area contributed by atoms with E-state index in [9.17, 15) is 14.4 Å². The second kappa shape index (κ2) is 9.87. The lowest BCUT2D eigenvalue weighted by Crippen LogP contribution is -2.27. The minimum absolute atomic E-state index is 0.0437. The zero-order chi connectivity index (χ0) is 23.5. The number of furan rings is 1. The zero-order valence-electron chi connectivity index (χ0n) is 17.3. The molecule has 9 heteroatoms. The first-order chi connectivity index (χ1) is 15.9. The third-order valence-corrected chi connectivity index (χ3v) is 6.27. The van der Waals surface area contributed by atoms with Crippen molar-refractivity contribution < 1.29 is 23.5 Å². The van der Waals surface area contributed by atoms with E-state index in [4.69, 9.17) is 32.4 Å². The number of esters is 1. The predicted octanol–water partition coefficient (Wildman–Crippen LogP) is 6.67. The molecule has 33 heavy (non-hydrogen) atoms. The van der Waals surface area contributed by atoms with Gasteiger partial charge in [0.2, 0.25) is 0 Å². The number of ether oxygens (including phenoxy) is 1. The van der Waals surface area contributed by atoms with Crippen molar-refractivity contribution in [1.82, 2.24) is 4.90 Å². The fourth-order valence-corrected chi connectivity index (χ4v) is 4.47. The highest BCUT2D eigenvalue weighted by Gasteiger charge is 2.35. The van der Waals surface area contributed by atoms with Gasteiger partial charge in [-0.3, -0.25) is 14.5 Å². The van der Waals surface area contributed by atoms with Crippen molar-refractivity contribution in [3.05, 3.63) is 86.4 Å². The standard InChI is InChI=1S/C24H17Cl2NO5S/c1-2-31-23(29)15-5-3-4-14(10-15)20-9-8-18(32-20)12-21-22(28)27(24(30)33-21)13-16-6-7-17(25)11-19(16)26/h3-12H,2,13H2,1H3/b21-12-. The van der Waals surface area contributed by atoms with Crippen LogP contribution in [0.4, 0.5) is 4.79 Å². The first-order valence-corrected chi connectivity index (χ1v) is 11.5. The van der Waals surface area contributed by atoms with Crippen LogP contribution in [0.15, 0.2) is 63.9 Å². The summed E-state index contributed by atoms with van der Waals surface area (Å²) in [5.74, 6) is 0.0694. The van der Waals surface area contributed by atoms with Crippen LogP contribution in [0.3, 0.4) is 0 Å². The second-order valence-corrected chi connectivity index (χ2v) is 8.84. The fraction of sp³-hybridized carbons (Fsp3) is 0.125. The molecular formula is C24H17Cl2NO5S. The van der Waals surface area contributed by atoms with Crippen LogP contribution in [-0.2, 0) is 16.1 Å². The lowest BCUT2D eigenvalue weighted by Gasteiger charge is -2.13. The number of rotatable bonds is 6. The molecule has 4 rings (SSSR count). The van der Waals surface area contributed by atoms with E-state index in [1.54, 1.807) is 61.5 Å². The average molecular weight is 502 g/mol. The fourth-order valence-electron chi connectivity index (χ4n) is 3.19. The number of hydrogen-bond acceptors (Lipinski definition) is 6. The summed E-state index contributed by atoms with van der Waals surface area (Å²) in [6, 6.07) is 15.2. The summed E-state index contributed by atoms with van der Waals surface area (Å²) < 4.78 is 10.9. The topological polar surface area (TPSA) is 76.8 Å². The quantitative estimate of drug-likeness (QED) is 0.277. The molecule has 2 heterocycles. The van der Waals surface area contributed by atoms with E-state index < -0.39 is 17.1 Å². The van der Waals surface area contributed by atoms with Crippen molar-refractivity contribution in [3.8, 4) is 11.3 Å². The number of benzene rings is 2. The van der Waals surface area contributed by atoms with E-state index >= 15 is 0 Å². The van der Waals surface area contributed by atoms with Gasteiger partial charge in [0.15, 0.2) is 0 Å². The highest BCUT2D eigenvalue weighted by Crippen LogP contribution is 2.35. The molecule has 1 saturated heterocycles. The van der Waals surface area contributed by atoms with Crippen molar-refractivity contribution in [1.29, 1.82) is 0 Å². The lowest BCUT2D eigenvalue weighted by molar-refractivity contribution is -0.123. The molecule has 3 aromatic rings. The first-order valence-electron chi connectivity index (χ1n) is 9.92. The van der Waals surface area contributed by atoms with Crippen molar-refractivity contribution >= 4 is 58.2 Å². The van der Waals surface area contributed by atoms with Crippen molar-refractivity contribution in [2.45, 2.75) is 13.5 Å². The monoisotopic (exact) mass is 501 g/mol. The molecule has 1 fully saturated rings. The normalized spacial score (nSPS) is 14.9. The Balaban J connectivity index is 1.52. The molecule has 2 amide bonds. The Morgan fingerprint density at radius 3 is 2.70 bits per heavy atom. The van der Waals surface area contributed by atoms with Gasteiger partial charge in [0.25, 0.3) is 11.1 Å². The van der Waals surface area contributed by atoms with Crippen LogP contribution in [0, 0.1) is 0 Å². The number of hydrogen-bond donors (Lipinski definition) is 0. The predicted molar refractivity (Wildman–Crippen MR) is 128 cm³/mol. The highest BCUT2D eigenvalue weighted by molar-refractivity contribution is 8.18. The molecule has 168 valence electrons. The summed E-state index contributed by atoms with van der Waals surface area (Å²) in [4.78, 5) is 38.6. The Kier molecular flexibility index (Phi) is 6.93. The SMILES string of the molecule is CCOC(=O)c1cccc(-c2ccc(/C=C3\SC(=O)N(Cc4ccc(Cl)cc4Cl)C3=O)o2)c1. The van der Waals surface area contributed by atoms with Crippen LogP contribution in [0.25, 0.3) is 17.4 Å². The number of carbonyl (C=O) groups excluding carboxylic acids is 3. The van der Waals surface area contributed by atoms with E-state index in [2.05, 4.69) is 0 Å². The van der Waals surface area contributed by atoms with Crippen molar-refractivity contribution in [2.75, 3.05) is 6.61 Å². The Bertz CT molecular complexity index is 1280. The van der Waals surface area contributed by atoms with Crippen LogP contribution in [0.5, 0.6) is 0 Å². The number of thioether (sulfide) groups is 1. The molecule has 1 aliphatic heterocycles. The number of nitrogens with zero attached hydrogens (tertiary/aromatic N) is 1. The summed E-state index contributed by atoms with van der Waals surface area (Å²) >= 11 is 12.9. The average Bonchev–Trinajstić information content (AvgIpc) is 3.36. The van der Waals surface area contributed by atoms with Gasteiger partial charge in [0, 0.05) is 21.7 Å². The molecule has 2 aromatic carbocycles. The van der Waals surface area contributed by atoms with Gasteiger partial charge < -0.3 is 9.15 Å². The van der Waals surface area contributed by atoms with Gasteiger partial charge in [-0.25, -0.2) is 4.79 Å². The maximum absolute atomic E-state index is 12.8. The molecule has 1 aromatic heterocycles. The van der Waals surface area contributed by atoms with Crippen LogP contribution in [0.2, 0.25) is 10.0 Å². The summed E-state index contributed by atoms with van der Waals surface area (Å²) in [7, 11) is 0. The van der Waals surface area contributed by atoms with Gasteiger partial charge in [-0.15, -0.1) is 0 Å². The molecule has 6 nitrogen and oxygen atoms in total. The molecule has 0 bridgehead atoms. The summed E-state index contributed by atoms with van der Waals surface area (Å²) in [5, 5.41) is 0.455. The van der Waals surface area contributed by atoms with Gasteiger partial charge in [0.1, 0.15) is 11.5 Å². The third kappa shape index (κ3) is 5.16. The van der Waals surface area contributed by atoms with Gasteiger partial charge in [0.05, 0.1) is 23.6 Å². The van der Waals surface area contributed by atoms with Crippen molar-refractivity contribution in [3.63, 3.8) is 0 Å². The summed E-state index contributed by atoms with van der Waals surface area (Å²) in [6.45, 7) is 2.07.